The molecule has 0 saturated heterocycles. The van der Waals surface area contributed by atoms with Gasteiger partial charge in [-0.3, -0.25) is 9.59 Å². The first-order valence-electron chi connectivity index (χ1n) is 5.64. The van der Waals surface area contributed by atoms with Gasteiger partial charge in [0.25, 0.3) is 0 Å². The minimum atomic E-state index is -0.399. The molecule has 0 heterocycles. The van der Waals surface area contributed by atoms with Gasteiger partial charge in [0.15, 0.2) is 11.6 Å². The monoisotopic (exact) mass is 242 g/mol. The molecular weight excluding hydrogens is 232 g/mol. The summed E-state index contributed by atoms with van der Waals surface area (Å²) < 4.78 is 0. The molecule has 4 nitrogen and oxygen atoms in total. The summed E-state index contributed by atoms with van der Waals surface area (Å²) in [4.78, 5) is 24.5. The second-order valence-corrected chi connectivity index (χ2v) is 4.35. The van der Waals surface area contributed by atoms with E-state index in [0.29, 0.717) is 0 Å². The predicted octanol–water partition coefficient (Wildman–Crippen LogP) is 2.48. The largest absolute Gasteiger partial charge is 0.512 e. The highest BCUT2D eigenvalue weighted by Crippen LogP contribution is 2.37. The van der Waals surface area contributed by atoms with Gasteiger partial charge >= 0.3 is 0 Å². The van der Waals surface area contributed by atoms with Crippen molar-refractivity contribution >= 4 is 11.6 Å². The molecule has 18 heavy (non-hydrogen) atoms. The van der Waals surface area contributed by atoms with E-state index < -0.39 is 11.6 Å². The summed E-state index contributed by atoms with van der Waals surface area (Å²) in [5.74, 6) is -1.03. The summed E-state index contributed by atoms with van der Waals surface area (Å²) in [6.07, 6.45) is 0.373. The molecule has 0 saturated carbocycles. The fraction of sp³-hybridized carbons (Fsp3) is 0.143. The number of hydrogen-bond acceptors (Lipinski definition) is 4. The standard InChI is InChI=1S/C14H10O4/c15-9-5-6-10(16)12-11(9)13(17)7-3-1-2-4-8(7)14(12)18/h1-4,15-16H,5-6H2. The first-order valence-corrected chi connectivity index (χ1v) is 5.64. The number of fused-ring (bicyclic) bond motifs is 2. The van der Waals surface area contributed by atoms with Crippen LogP contribution in [0.1, 0.15) is 33.6 Å². The van der Waals surface area contributed by atoms with Gasteiger partial charge in [0.2, 0.25) is 0 Å². The van der Waals surface area contributed by atoms with Crippen molar-refractivity contribution < 1.29 is 19.8 Å². The van der Waals surface area contributed by atoms with Crippen LogP contribution in [0.25, 0.3) is 0 Å². The Morgan fingerprint density at radius 1 is 0.778 bits per heavy atom. The lowest BCUT2D eigenvalue weighted by Crippen LogP contribution is -2.27. The molecule has 0 amide bonds. The number of rotatable bonds is 0. The number of carbonyl (C=O) groups excluding carboxylic acids is 2. The molecule has 3 rings (SSSR count). The number of aliphatic hydroxyl groups excluding tert-OH is 2. The Morgan fingerprint density at radius 2 is 1.17 bits per heavy atom. The SMILES string of the molecule is O=C1C2=C(O)CCC(O)=C2C(=O)c2ccccc21. The maximum absolute atomic E-state index is 12.2. The molecule has 0 aliphatic heterocycles. The quantitative estimate of drug-likeness (QED) is 0.732. The van der Waals surface area contributed by atoms with Gasteiger partial charge in [-0.2, -0.15) is 0 Å². The Bertz CT molecular complexity index is 593. The van der Waals surface area contributed by atoms with Gasteiger partial charge in [0.05, 0.1) is 11.1 Å². The van der Waals surface area contributed by atoms with E-state index in [2.05, 4.69) is 0 Å². The molecule has 0 radical (unpaired) electrons. The fourth-order valence-electron chi connectivity index (χ4n) is 2.41. The van der Waals surface area contributed by atoms with Crippen LogP contribution in [0.3, 0.4) is 0 Å². The van der Waals surface area contributed by atoms with Crippen LogP contribution in [-0.2, 0) is 0 Å². The van der Waals surface area contributed by atoms with E-state index in [1.54, 1.807) is 24.3 Å². The van der Waals surface area contributed by atoms with Crippen LogP contribution in [0, 0.1) is 0 Å². The fourth-order valence-corrected chi connectivity index (χ4v) is 2.41. The Labute approximate surface area is 103 Å². The summed E-state index contributed by atoms with van der Waals surface area (Å²) in [5.41, 5.74) is 0.481. The van der Waals surface area contributed by atoms with Crippen LogP contribution in [0.4, 0.5) is 0 Å². The van der Waals surface area contributed by atoms with Crippen molar-refractivity contribution in [2.24, 2.45) is 0 Å². The molecule has 1 aromatic rings. The number of ketones is 2. The Morgan fingerprint density at radius 3 is 1.56 bits per heavy atom. The second-order valence-electron chi connectivity index (χ2n) is 4.35. The summed E-state index contributed by atoms with van der Waals surface area (Å²) >= 11 is 0. The first-order chi connectivity index (χ1) is 8.61. The molecular formula is C14H10O4. The average Bonchev–Trinajstić information content (AvgIpc) is 2.38. The van der Waals surface area contributed by atoms with E-state index >= 15 is 0 Å². The Kier molecular flexibility index (Phi) is 2.13. The minimum Gasteiger partial charge on any atom is -0.512 e. The maximum atomic E-state index is 12.2. The Balaban J connectivity index is 2.36. The predicted molar refractivity (Wildman–Crippen MR) is 63.6 cm³/mol. The van der Waals surface area contributed by atoms with Gasteiger partial charge in [0.1, 0.15) is 11.5 Å². The van der Waals surface area contributed by atoms with E-state index in [-0.39, 0.29) is 46.6 Å². The van der Waals surface area contributed by atoms with Crippen LogP contribution in [0.15, 0.2) is 46.9 Å². The summed E-state index contributed by atoms with van der Waals surface area (Å²) in [6, 6.07) is 6.44. The highest BCUT2D eigenvalue weighted by atomic mass is 16.3. The maximum Gasteiger partial charge on any atom is 0.198 e. The highest BCUT2D eigenvalue weighted by molar-refractivity contribution is 6.31. The molecule has 0 bridgehead atoms. The van der Waals surface area contributed by atoms with Gasteiger partial charge < -0.3 is 10.2 Å². The third kappa shape index (κ3) is 1.26. The summed E-state index contributed by atoms with van der Waals surface area (Å²) in [5, 5.41) is 19.6. The van der Waals surface area contributed by atoms with Gasteiger partial charge in [-0.15, -0.1) is 0 Å². The lowest BCUT2D eigenvalue weighted by molar-refractivity contribution is 0.0959. The Hall–Kier alpha value is -2.36. The molecule has 0 spiro atoms. The second kappa shape index (κ2) is 3.57. The van der Waals surface area contributed by atoms with Crippen molar-refractivity contribution in [2.45, 2.75) is 12.8 Å². The third-order valence-electron chi connectivity index (χ3n) is 3.30. The van der Waals surface area contributed by atoms with E-state index in [4.69, 9.17) is 0 Å². The van der Waals surface area contributed by atoms with Gasteiger partial charge in [-0.05, 0) is 0 Å². The molecule has 0 unspecified atom stereocenters. The zero-order valence-electron chi connectivity index (χ0n) is 9.43. The first kappa shape index (κ1) is 10.8. The van der Waals surface area contributed by atoms with Gasteiger partial charge in [0, 0.05) is 24.0 Å². The van der Waals surface area contributed by atoms with E-state index in [1.807, 2.05) is 0 Å². The van der Waals surface area contributed by atoms with Gasteiger partial charge in [-0.25, -0.2) is 0 Å². The number of carbonyl (C=O) groups is 2. The lowest BCUT2D eigenvalue weighted by atomic mass is 9.78. The number of Topliss-reactive ketones (excluding diaryl/α,β-unsaturated/α-hetero) is 2. The number of aliphatic hydroxyl groups is 2. The molecule has 2 aliphatic rings. The zero-order chi connectivity index (χ0) is 12.9. The number of allylic oxidation sites excluding steroid dienone is 4. The molecule has 4 heteroatoms. The smallest absolute Gasteiger partial charge is 0.198 e. The molecule has 90 valence electrons. The van der Waals surface area contributed by atoms with Crippen molar-refractivity contribution in [1.29, 1.82) is 0 Å². The van der Waals surface area contributed by atoms with Gasteiger partial charge in [-0.1, -0.05) is 24.3 Å². The van der Waals surface area contributed by atoms with E-state index in [9.17, 15) is 19.8 Å². The molecule has 2 N–H and O–H groups in total. The number of benzene rings is 1. The van der Waals surface area contributed by atoms with E-state index in [1.165, 1.54) is 0 Å². The van der Waals surface area contributed by atoms with Crippen LogP contribution < -0.4 is 0 Å². The topological polar surface area (TPSA) is 74.6 Å². The molecule has 0 fully saturated rings. The van der Waals surface area contributed by atoms with Crippen molar-refractivity contribution in [3.05, 3.63) is 58.1 Å². The van der Waals surface area contributed by atoms with Crippen LogP contribution >= 0.6 is 0 Å². The van der Waals surface area contributed by atoms with Crippen molar-refractivity contribution in [2.75, 3.05) is 0 Å². The van der Waals surface area contributed by atoms with Crippen LogP contribution in [-0.4, -0.2) is 21.8 Å². The molecule has 1 aromatic carbocycles. The highest BCUT2D eigenvalue weighted by Gasteiger charge is 2.38. The summed E-state index contributed by atoms with van der Waals surface area (Å²) in [6.45, 7) is 0. The van der Waals surface area contributed by atoms with Crippen LogP contribution in [0.5, 0.6) is 0 Å². The average molecular weight is 242 g/mol. The molecule has 0 atom stereocenters. The zero-order valence-corrected chi connectivity index (χ0v) is 9.43. The third-order valence-corrected chi connectivity index (χ3v) is 3.30. The van der Waals surface area contributed by atoms with Crippen molar-refractivity contribution in [1.82, 2.24) is 0 Å². The van der Waals surface area contributed by atoms with Crippen LogP contribution in [0.2, 0.25) is 0 Å². The number of hydrogen-bond donors (Lipinski definition) is 2. The van der Waals surface area contributed by atoms with E-state index in [0.717, 1.165) is 0 Å². The lowest BCUT2D eigenvalue weighted by Gasteiger charge is -2.24. The van der Waals surface area contributed by atoms with Crippen molar-refractivity contribution in [3.8, 4) is 0 Å². The normalized spacial score (nSPS) is 18.9. The molecule has 2 aliphatic carbocycles. The molecule has 0 aromatic heterocycles. The minimum absolute atomic E-state index is 0.0394. The van der Waals surface area contributed by atoms with Crippen molar-refractivity contribution in [3.63, 3.8) is 0 Å². The summed E-state index contributed by atoms with van der Waals surface area (Å²) in [7, 11) is 0.